The molecule has 0 aliphatic carbocycles. The number of aromatic nitrogens is 2. The number of benzene rings is 1. The Morgan fingerprint density at radius 2 is 2.00 bits per heavy atom. The molecule has 4 nitrogen and oxygen atoms in total. The number of nitrogens with zero attached hydrogens (tertiary/aromatic N) is 2. The lowest BCUT2D eigenvalue weighted by Gasteiger charge is -2.20. The van der Waals surface area contributed by atoms with Crippen molar-refractivity contribution in [2.75, 3.05) is 6.54 Å². The molecule has 1 aromatic heterocycles. The predicted octanol–water partition coefficient (Wildman–Crippen LogP) is 3.11. The van der Waals surface area contributed by atoms with Crippen LogP contribution in [0.25, 0.3) is 11.3 Å². The van der Waals surface area contributed by atoms with Gasteiger partial charge >= 0.3 is 0 Å². The van der Waals surface area contributed by atoms with Crippen LogP contribution in [-0.4, -0.2) is 33.4 Å². The van der Waals surface area contributed by atoms with Gasteiger partial charge in [-0.3, -0.25) is 4.79 Å². The van der Waals surface area contributed by atoms with Crippen LogP contribution in [0.3, 0.4) is 0 Å². The second kappa shape index (κ2) is 5.35. The van der Waals surface area contributed by atoms with Crippen molar-refractivity contribution in [3.05, 3.63) is 41.9 Å². The third kappa shape index (κ3) is 2.58. The molecule has 0 radical (unpaired) electrons. The average Bonchev–Trinajstić information content (AvgIpc) is 3.03. The topological polar surface area (TPSA) is 49.0 Å². The first-order valence-corrected chi connectivity index (χ1v) is 7.47. The summed E-state index contributed by atoms with van der Waals surface area (Å²) < 4.78 is 0. The van der Waals surface area contributed by atoms with Gasteiger partial charge in [-0.15, -0.1) is 0 Å². The van der Waals surface area contributed by atoms with E-state index in [0.29, 0.717) is 6.42 Å². The normalized spacial score (nSPS) is 18.8. The number of likely N-dealkylation sites (tertiary alicyclic amines) is 1. The Kier molecular flexibility index (Phi) is 3.53. The molecule has 4 heteroatoms. The van der Waals surface area contributed by atoms with Crippen LogP contribution in [0.1, 0.15) is 37.7 Å². The van der Waals surface area contributed by atoms with E-state index in [-0.39, 0.29) is 17.9 Å². The zero-order chi connectivity index (χ0) is 15.0. The SMILES string of the molecule is Cc1[nH]c([C@H]2CC(=O)N(C(C)C)C2)nc1-c1ccccc1. The summed E-state index contributed by atoms with van der Waals surface area (Å²) in [4.78, 5) is 22.1. The minimum atomic E-state index is 0.177. The number of aryl methyl sites for hydroxylation is 1. The molecule has 0 spiro atoms. The fourth-order valence-corrected chi connectivity index (χ4v) is 2.97. The highest BCUT2D eigenvalue weighted by atomic mass is 16.2. The number of hydrogen-bond donors (Lipinski definition) is 1. The third-order valence-electron chi connectivity index (χ3n) is 4.12. The average molecular weight is 283 g/mol. The highest BCUT2D eigenvalue weighted by molar-refractivity contribution is 5.80. The largest absolute Gasteiger partial charge is 0.345 e. The van der Waals surface area contributed by atoms with E-state index in [2.05, 4.69) is 31.0 Å². The molecule has 21 heavy (non-hydrogen) atoms. The minimum Gasteiger partial charge on any atom is -0.345 e. The van der Waals surface area contributed by atoms with Crippen LogP contribution in [0.4, 0.5) is 0 Å². The fourth-order valence-electron chi connectivity index (χ4n) is 2.97. The van der Waals surface area contributed by atoms with E-state index in [0.717, 1.165) is 29.3 Å². The molecule has 1 aromatic carbocycles. The summed E-state index contributed by atoms with van der Waals surface area (Å²) in [6, 6.07) is 10.4. The molecule has 1 aliphatic rings. The standard InChI is InChI=1S/C17H21N3O/c1-11(2)20-10-14(9-15(20)21)17-18-12(3)16(19-17)13-7-5-4-6-8-13/h4-8,11,14H,9-10H2,1-3H3,(H,18,19)/t14-/m0/s1. The predicted molar refractivity (Wildman–Crippen MR) is 83.0 cm³/mol. The minimum absolute atomic E-state index is 0.177. The van der Waals surface area contributed by atoms with Crippen molar-refractivity contribution >= 4 is 5.91 Å². The molecule has 1 atom stereocenters. The first-order valence-electron chi connectivity index (χ1n) is 7.47. The van der Waals surface area contributed by atoms with Gasteiger partial charge in [-0.1, -0.05) is 30.3 Å². The molecule has 1 fully saturated rings. The highest BCUT2D eigenvalue weighted by Gasteiger charge is 2.34. The number of imidazole rings is 1. The van der Waals surface area contributed by atoms with E-state index >= 15 is 0 Å². The first-order chi connectivity index (χ1) is 10.1. The summed E-state index contributed by atoms with van der Waals surface area (Å²) in [5, 5.41) is 0. The van der Waals surface area contributed by atoms with Gasteiger partial charge in [0.2, 0.25) is 5.91 Å². The quantitative estimate of drug-likeness (QED) is 0.941. The monoisotopic (exact) mass is 283 g/mol. The van der Waals surface area contributed by atoms with Crippen molar-refractivity contribution in [2.24, 2.45) is 0 Å². The van der Waals surface area contributed by atoms with Gasteiger partial charge in [-0.05, 0) is 20.8 Å². The second-order valence-corrected chi connectivity index (χ2v) is 6.00. The van der Waals surface area contributed by atoms with Crippen molar-refractivity contribution < 1.29 is 4.79 Å². The Hall–Kier alpha value is -2.10. The van der Waals surface area contributed by atoms with Crippen LogP contribution < -0.4 is 0 Å². The summed E-state index contributed by atoms with van der Waals surface area (Å²) >= 11 is 0. The van der Waals surface area contributed by atoms with Gasteiger partial charge in [0.1, 0.15) is 5.82 Å². The molecule has 1 N–H and O–H groups in total. The molecular weight excluding hydrogens is 262 g/mol. The van der Waals surface area contributed by atoms with Crippen LogP contribution in [0.2, 0.25) is 0 Å². The second-order valence-electron chi connectivity index (χ2n) is 6.00. The number of carbonyl (C=O) groups excluding carboxylic acids is 1. The lowest BCUT2D eigenvalue weighted by Crippen LogP contribution is -2.31. The van der Waals surface area contributed by atoms with Crippen molar-refractivity contribution in [2.45, 2.75) is 39.2 Å². The van der Waals surface area contributed by atoms with Crippen molar-refractivity contribution in [1.82, 2.24) is 14.9 Å². The maximum Gasteiger partial charge on any atom is 0.223 e. The summed E-state index contributed by atoms with van der Waals surface area (Å²) in [6.45, 7) is 6.92. The first kappa shape index (κ1) is 13.9. The van der Waals surface area contributed by atoms with Gasteiger partial charge in [0.05, 0.1) is 5.69 Å². The molecule has 0 unspecified atom stereocenters. The van der Waals surface area contributed by atoms with Gasteiger partial charge in [0.25, 0.3) is 0 Å². The molecule has 3 rings (SSSR count). The molecule has 1 aliphatic heterocycles. The van der Waals surface area contributed by atoms with Crippen LogP contribution in [0, 0.1) is 6.92 Å². The lowest BCUT2D eigenvalue weighted by molar-refractivity contribution is -0.129. The van der Waals surface area contributed by atoms with Gasteiger partial charge < -0.3 is 9.88 Å². The number of hydrogen-bond acceptors (Lipinski definition) is 2. The molecule has 0 saturated carbocycles. The molecule has 110 valence electrons. The van der Waals surface area contributed by atoms with Crippen molar-refractivity contribution in [3.63, 3.8) is 0 Å². The number of amides is 1. The van der Waals surface area contributed by atoms with Crippen LogP contribution >= 0.6 is 0 Å². The molecule has 2 aromatic rings. The number of H-pyrrole nitrogens is 1. The zero-order valence-electron chi connectivity index (χ0n) is 12.8. The number of nitrogens with one attached hydrogen (secondary N) is 1. The maximum absolute atomic E-state index is 12.0. The van der Waals surface area contributed by atoms with Gasteiger partial charge in [-0.2, -0.15) is 0 Å². The molecule has 1 saturated heterocycles. The Balaban J connectivity index is 1.87. The third-order valence-corrected chi connectivity index (χ3v) is 4.12. The van der Waals surface area contributed by atoms with Crippen molar-refractivity contribution in [1.29, 1.82) is 0 Å². The Bertz CT molecular complexity index is 645. The maximum atomic E-state index is 12.0. The summed E-state index contributed by atoms with van der Waals surface area (Å²) in [6.07, 6.45) is 0.555. The van der Waals surface area contributed by atoms with E-state index in [1.165, 1.54) is 0 Å². The van der Waals surface area contributed by atoms with E-state index in [4.69, 9.17) is 4.98 Å². The number of aromatic amines is 1. The number of carbonyl (C=O) groups is 1. The lowest BCUT2D eigenvalue weighted by atomic mass is 10.1. The highest BCUT2D eigenvalue weighted by Crippen LogP contribution is 2.30. The summed E-state index contributed by atoms with van der Waals surface area (Å²) in [5.74, 6) is 1.34. The Labute approximate surface area is 125 Å². The van der Waals surface area contributed by atoms with Gasteiger partial charge in [-0.25, -0.2) is 4.98 Å². The van der Waals surface area contributed by atoms with E-state index in [9.17, 15) is 4.79 Å². The summed E-state index contributed by atoms with van der Waals surface area (Å²) in [5.41, 5.74) is 3.16. The number of rotatable bonds is 3. The van der Waals surface area contributed by atoms with E-state index in [1.807, 2.05) is 30.0 Å². The fraction of sp³-hybridized carbons (Fsp3) is 0.412. The Morgan fingerprint density at radius 1 is 1.29 bits per heavy atom. The zero-order valence-corrected chi connectivity index (χ0v) is 12.8. The smallest absolute Gasteiger partial charge is 0.223 e. The van der Waals surface area contributed by atoms with E-state index in [1.54, 1.807) is 0 Å². The van der Waals surface area contributed by atoms with Crippen molar-refractivity contribution in [3.8, 4) is 11.3 Å². The molecule has 0 bridgehead atoms. The van der Waals surface area contributed by atoms with Crippen LogP contribution in [-0.2, 0) is 4.79 Å². The van der Waals surface area contributed by atoms with Crippen LogP contribution in [0.15, 0.2) is 30.3 Å². The van der Waals surface area contributed by atoms with E-state index < -0.39 is 0 Å². The Morgan fingerprint density at radius 3 is 2.62 bits per heavy atom. The van der Waals surface area contributed by atoms with Gasteiger partial charge in [0.15, 0.2) is 0 Å². The molecule has 2 heterocycles. The summed E-state index contributed by atoms with van der Waals surface area (Å²) in [7, 11) is 0. The molecular formula is C17H21N3O. The molecule has 1 amide bonds. The van der Waals surface area contributed by atoms with Gasteiger partial charge in [0, 0.05) is 36.2 Å². The van der Waals surface area contributed by atoms with Crippen LogP contribution in [0.5, 0.6) is 0 Å².